The second kappa shape index (κ2) is 5.62. The summed E-state index contributed by atoms with van der Waals surface area (Å²) < 4.78 is 32.3. The first kappa shape index (κ1) is 14.9. The number of hydrogen-bond donors (Lipinski definition) is 1. The largest absolute Gasteiger partial charge is 0.367 e. The first-order valence-corrected chi connectivity index (χ1v) is 7.96. The maximum absolute atomic E-state index is 13.2. The number of rotatable bonds is 2. The van der Waals surface area contributed by atoms with E-state index in [-0.39, 0.29) is 18.1 Å². The summed E-state index contributed by atoms with van der Waals surface area (Å²) in [5, 5.41) is 6.58. The Morgan fingerprint density at radius 1 is 1.52 bits per heavy atom. The van der Waals surface area contributed by atoms with Crippen LogP contribution in [0.15, 0.2) is 16.8 Å². The molecule has 2 aliphatic heterocycles. The van der Waals surface area contributed by atoms with E-state index in [1.54, 1.807) is 16.2 Å². The second-order valence-electron chi connectivity index (χ2n) is 5.73. The van der Waals surface area contributed by atoms with Gasteiger partial charge in [-0.2, -0.15) is 11.3 Å². The molecule has 4 nitrogen and oxygen atoms in total. The minimum absolute atomic E-state index is 0.102. The van der Waals surface area contributed by atoms with Gasteiger partial charge in [0.2, 0.25) is 5.91 Å². The number of alkyl halides is 2. The average Bonchev–Trinajstić information content (AvgIpc) is 3.06. The Labute approximate surface area is 126 Å². The van der Waals surface area contributed by atoms with Crippen molar-refractivity contribution in [3.05, 3.63) is 22.4 Å². The van der Waals surface area contributed by atoms with Gasteiger partial charge in [0, 0.05) is 13.0 Å². The molecule has 1 aromatic heterocycles. The normalized spacial score (nSPS) is 32.3. The Balaban J connectivity index is 1.68. The molecule has 3 unspecified atom stereocenters. The molecule has 0 aromatic carbocycles. The predicted molar refractivity (Wildman–Crippen MR) is 75.5 cm³/mol. The number of ether oxygens (including phenoxy) is 1. The summed E-state index contributed by atoms with van der Waals surface area (Å²) in [5.74, 6) is -3.03. The fraction of sp³-hybridized carbons (Fsp3) is 0.643. The molecule has 2 aliphatic rings. The number of halogens is 2. The van der Waals surface area contributed by atoms with Gasteiger partial charge in [-0.25, -0.2) is 8.78 Å². The summed E-state index contributed by atoms with van der Waals surface area (Å²) in [5.41, 5.74) is 1.04. The minimum atomic E-state index is -2.79. The fourth-order valence-electron chi connectivity index (χ4n) is 2.88. The molecule has 0 aliphatic carbocycles. The van der Waals surface area contributed by atoms with Gasteiger partial charge in [0.15, 0.2) is 0 Å². The van der Waals surface area contributed by atoms with Crippen LogP contribution < -0.4 is 5.32 Å². The molecule has 0 radical (unpaired) electrons. The van der Waals surface area contributed by atoms with Gasteiger partial charge in [-0.1, -0.05) is 0 Å². The number of nitrogens with zero attached hydrogens (tertiary/aromatic N) is 1. The smallest absolute Gasteiger partial charge is 0.262 e. The third-order valence-electron chi connectivity index (χ3n) is 3.89. The van der Waals surface area contributed by atoms with Crippen LogP contribution >= 0.6 is 11.3 Å². The molecule has 1 aromatic rings. The van der Waals surface area contributed by atoms with Crippen molar-refractivity contribution >= 4 is 17.2 Å². The van der Waals surface area contributed by atoms with Crippen molar-refractivity contribution in [2.45, 2.75) is 37.5 Å². The van der Waals surface area contributed by atoms with Crippen LogP contribution in [-0.4, -0.2) is 48.5 Å². The third kappa shape index (κ3) is 3.25. The molecule has 3 atom stereocenters. The molecule has 2 fully saturated rings. The molecule has 0 spiro atoms. The number of carbonyl (C=O) groups excluding carboxylic acids is 1. The van der Waals surface area contributed by atoms with Crippen LogP contribution in [0.3, 0.4) is 0 Å². The van der Waals surface area contributed by atoms with Crippen LogP contribution in [0, 0.1) is 0 Å². The van der Waals surface area contributed by atoms with Crippen LogP contribution in [-0.2, 0) is 9.53 Å². The summed E-state index contributed by atoms with van der Waals surface area (Å²) in [6.07, 6.45) is -0.693. The highest BCUT2D eigenvalue weighted by atomic mass is 32.1. The number of thiophene rings is 1. The summed E-state index contributed by atoms with van der Waals surface area (Å²) in [6.45, 7) is 2.35. The zero-order valence-corrected chi connectivity index (χ0v) is 12.5. The molecule has 1 amide bonds. The second-order valence-corrected chi connectivity index (χ2v) is 6.51. The van der Waals surface area contributed by atoms with Crippen molar-refractivity contribution < 1.29 is 18.3 Å². The van der Waals surface area contributed by atoms with Gasteiger partial charge in [0.05, 0.1) is 25.2 Å². The quantitative estimate of drug-likeness (QED) is 0.908. The SMILES string of the molecule is CC1CN(C(=O)C2CC(F)(F)CN2)CC(c2ccsc2)O1. The third-order valence-corrected chi connectivity index (χ3v) is 4.60. The fourth-order valence-corrected chi connectivity index (χ4v) is 3.59. The van der Waals surface area contributed by atoms with Gasteiger partial charge in [0.1, 0.15) is 6.10 Å². The van der Waals surface area contributed by atoms with Crippen molar-refractivity contribution in [1.29, 1.82) is 0 Å². The molecule has 116 valence electrons. The van der Waals surface area contributed by atoms with Crippen molar-refractivity contribution in [2.75, 3.05) is 19.6 Å². The average molecular weight is 316 g/mol. The highest BCUT2D eigenvalue weighted by Gasteiger charge is 2.44. The Hall–Kier alpha value is -1.05. The van der Waals surface area contributed by atoms with Crippen molar-refractivity contribution in [3.63, 3.8) is 0 Å². The zero-order valence-electron chi connectivity index (χ0n) is 11.7. The van der Waals surface area contributed by atoms with Gasteiger partial charge in [-0.15, -0.1) is 0 Å². The number of amides is 1. The molecule has 7 heteroatoms. The van der Waals surface area contributed by atoms with E-state index in [9.17, 15) is 13.6 Å². The summed E-state index contributed by atoms with van der Waals surface area (Å²) in [7, 11) is 0. The Bertz CT molecular complexity index is 509. The Morgan fingerprint density at radius 3 is 2.95 bits per heavy atom. The first-order chi connectivity index (χ1) is 9.94. The molecule has 3 rings (SSSR count). The van der Waals surface area contributed by atoms with Crippen LogP contribution in [0.25, 0.3) is 0 Å². The van der Waals surface area contributed by atoms with Gasteiger partial charge in [-0.05, 0) is 29.3 Å². The topological polar surface area (TPSA) is 41.6 Å². The molecule has 21 heavy (non-hydrogen) atoms. The summed E-state index contributed by atoms with van der Waals surface area (Å²) >= 11 is 1.57. The van der Waals surface area contributed by atoms with E-state index in [0.29, 0.717) is 13.1 Å². The van der Waals surface area contributed by atoms with E-state index in [1.807, 2.05) is 23.8 Å². The number of hydrogen-bond acceptors (Lipinski definition) is 4. The molecular weight excluding hydrogens is 298 g/mol. The van der Waals surface area contributed by atoms with E-state index in [0.717, 1.165) is 5.56 Å². The predicted octanol–water partition coefficient (Wildman–Crippen LogP) is 2.03. The number of morpholine rings is 1. The van der Waals surface area contributed by atoms with Crippen LogP contribution in [0.5, 0.6) is 0 Å². The lowest BCUT2D eigenvalue weighted by atomic mass is 10.1. The lowest BCUT2D eigenvalue weighted by Gasteiger charge is -2.37. The zero-order chi connectivity index (χ0) is 15.0. The van der Waals surface area contributed by atoms with Crippen molar-refractivity contribution in [1.82, 2.24) is 10.2 Å². The van der Waals surface area contributed by atoms with Crippen molar-refractivity contribution in [2.24, 2.45) is 0 Å². The van der Waals surface area contributed by atoms with Crippen LogP contribution in [0.4, 0.5) is 8.78 Å². The summed E-state index contributed by atoms with van der Waals surface area (Å²) in [6, 6.07) is 1.19. The van der Waals surface area contributed by atoms with E-state index < -0.39 is 24.9 Å². The van der Waals surface area contributed by atoms with Gasteiger partial charge in [-0.3, -0.25) is 10.1 Å². The Kier molecular flexibility index (Phi) is 3.98. The van der Waals surface area contributed by atoms with E-state index >= 15 is 0 Å². The lowest BCUT2D eigenvalue weighted by Crippen LogP contribution is -2.51. The number of carbonyl (C=O) groups is 1. The van der Waals surface area contributed by atoms with E-state index in [4.69, 9.17) is 4.74 Å². The standard InChI is InChI=1S/C14H18F2N2O2S/c1-9-5-18(6-12(20-9)10-2-3-21-7-10)13(19)11-4-14(15,16)8-17-11/h2-3,7,9,11-12,17H,4-6,8H2,1H3. The summed E-state index contributed by atoms with van der Waals surface area (Å²) in [4.78, 5) is 14.1. The van der Waals surface area contributed by atoms with Crippen molar-refractivity contribution in [3.8, 4) is 0 Å². The maximum Gasteiger partial charge on any atom is 0.262 e. The van der Waals surface area contributed by atoms with Gasteiger partial charge in [0.25, 0.3) is 5.92 Å². The first-order valence-electron chi connectivity index (χ1n) is 7.02. The van der Waals surface area contributed by atoms with Crippen LogP contribution in [0.1, 0.15) is 25.0 Å². The Morgan fingerprint density at radius 2 is 2.33 bits per heavy atom. The molecule has 2 saturated heterocycles. The monoisotopic (exact) mass is 316 g/mol. The maximum atomic E-state index is 13.2. The van der Waals surface area contributed by atoms with E-state index in [2.05, 4.69) is 5.32 Å². The highest BCUT2D eigenvalue weighted by Crippen LogP contribution is 2.30. The minimum Gasteiger partial charge on any atom is -0.367 e. The van der Waals surface area contributed by atoms with Gasteiger partial charge < -0.3 is 9.64 Å². The molecule has 3 heterocycles. The molecular formula is C14H18F2N2O2S. The molecule has 0 bridgehead atoms. The molecule has 1 N–H and O–H groups in total. The van der Waals surface area contributed by atoms with Gasteiger partial charge >= 0.3 is 0 Å². The molecule has 0 saturated carbocycles. The number of nitrogens with one attached hydrogen (secondary N) is 1. The van der Waals surface area contributed by atoms with E-state index in [1.165, 1.54) is 0 Å². The lowest BCUT2D eigenvalue weighted by molar-refractivity contribution is -0.147. The van der Waals surface area contributed by atoms with Crippen LogP contribution in [0.2, 0.25) is 0 Å². The highest BCUT2D eigenvalue weighted by molar-refractivity contribution is 7.07.